The van der Waals surface area contributed by atoms with E-state index >= 15 is 0 Å². The van der Waals surface area contributed by atoms with Crippen molar-refractivity contribution in [1.82, 2.24) is 15.5 Å². The predicted molar refractivity (Wildman–Crippen MR) is 113 cm³/mol. The maximum atomic E-state index is 12.8. The van der Waals surface area contributed by atoms with Gasteiger partial charge in [-0.15, -0.1) is 0 Å². The quantitative estimate of drug-likeness (QED) is 0.721. The summed E-state index contributed by atoms with van der Waals surface area (Å²) in [5.41, 5.74) is 1.59. The van der Waals surface area contributed by atoms with E-state index in [-0.39, 0.29) is 23.9 Å². The molecule has 0 bridgehead atoms. The molecule has 1 fully saturated rings. The van der Waals surface area contributed by atoms with E-state index < -0.39 is 0 Å². The minimum Gasteiger partial charge on any atom is -0.488 e. The topological polar surface area (TPSA) is 70.7 Å². The Labute approximate surface area is 172 Å². The molecule has 0 aliphatic carbocycles. The number of hydrogen-bond acceptors (Lipinski definition) is 4. The monoisotopic (exact) mass is 395 g/mol. The fourth-order valence-corrected chi connectivity index (χ4v) is 3.72. The van der Waals surface area contributed by atoms with Crippen LogP contribution in [0.25, 0.3) is 0 Å². The first-order valence-electron chi connectivity index (χ1n) is 10.0. The van der Waals surface area contributed by atoms with Crippen molar-refractivity contribution in [2.24, 2.45) is 0 Å². The Morgan fingerprint density at radius 2 is 1.72 bits per heavy atom. The van der Waals surface area contributed by atoms with Gasteiger partial charge in [-0.25, -0.2) is 0 Å². The second kappa shape index (κ2) is 10.1. The highest BCUT2D eigenvalue weighted by atomic mass is 16.5. The standard InChI is InChI=1S/C23H29N3O3/c1-24-22(27)14-18-12-13-19(26(18)2)15-25-23(28)20-10-6-7-11-21(20)29-16-17-8-4-3-5-9-17/h3-11,18-19H,12-16H2,1-2H3,(H,24,27)(H,25,28)/t18-,19+/m1/s1. The molecule has 154 valence electrons. The van der Waals surface area contributed by atoms with Gasteiger partial charge >= 0.3 is 0 Å². The summed E-state index contributed by atoms with van der Waals surface area (Å²) in [6, 6.07) is 17.6. The number of carbonyl (C=O) groups excluding carboxylic acids is 2. The summed E-state index contributed by atoms with van der Waals surface area (Å²) in [4.78, 5) is 26.6. The molecular weight excluding hydrogens is 366 g/mol. The molecule has 0 radical (unpaired) electrons. The van der Waals surface area contributed by atoms with Crippen LogP contribution < -0.4 is 15.4 Å². The lowest BCUT2D eigenvalue weighted by molar-refractivity contribution is -0.121. The van der Waals surface area contributed by atoms with Gasteiger partial charge in [0.2, 0.25) is 5.91 Å². The molecular formula is C23H29N3O3. The minimum absolute atomic E-state index is 0.0519. The number of hydrogen-bond donors (Lipinski definition) is 2. The maximum Gasteiger partial charge on any atom is 0.255 e. The number of benzene rings is 2. The Bertz CT molecular complexity index is 825. The Morgan fingerprint density at radius 3 is 2.48 bits per heavy atom. The van der Waals surface area contributed by atoms with Crippen molar-refractivity contribution in [1.29, 1.82) is 0 Å². The molecule has 2 N–H and O–H groups in total. The number of rotatable bonds is 8. The molecule has 0 aromatic heterocycles. The number of likely N-dealkylation sites (N-methyl/N-ethyl adjacent to an activating group) is 1. The van der Waals surface area contributed by atoms with Crippen molar-refractivity contribution in [3.8, 4) is 5.75 Å². The van der Waals surface area contributed by atoms with Crippen molar-refractivity contribution >= 4 is 11.8 Å². The van der Waals surface area contributed by atoms with Crippen molar-refractivity contribution in [3.63, 3.8) is 0 Å². The van der Waals surface area contributed by atoms with E-state index in [0.29, 0.717) is 30.9 Å². The number of carbonyl (C=O) groups is 2. The molecule has 1 aliphatic heterocycles. The number of para-hydroxylation sites is 1. The molecule has 1 heterocycles. The molecule has 29 heavy (non-hydrogen) atoms. The number of nitrogens with zero attached hydrogens (tertiary/aromatic N) is 1. The van der Waals surface area contributed by atoms with Crippen LogP contribution in [0.1, 0.15) is 35.2 Å². The molecule has 0 unspecified atom stereocenters. The Balaban J connectivity index is 1.55. The Morgan fingerprint density at radius 1 is 1.03 bits per heavy atom. The van der Waals surface area contributed by atoms with E-state index in [4.69, 9.17) is 4.74 Å². The van der Waals surface area contributed by atoms with Gasteiger partial charge in [0, 0.05) is 32.1 Å². The summed E-state index contributed by atoms with van der Waals surface area (Å²) in [5.74, 6) is 0.485. The van der Waals surface area contributed by atoms with Gasteiger partial charge < -0.3 is 15.4 Å². The summed E-state index contributed by atoms with van der Waals surface area (Å²) in [6.07, 6.45) is 2.42. The van der Waals surface area contributed by atoms with E-state index in [1.807, 2.05) is 55.6 Å². The van der Waals surface area contributed by atoms with Crippen molar-refractivity contribution in [2.45, 2.75) is 38.0 Å². The van der Waals surface area contributed by atoms with Gasteiger partial charge in [0.1, 0.15) is 12.4 Å². The largest absolute Gasteiger partial charge is 0.488 e. The molecule has 0 spiro atoms. The third-order valence-electron chi connectivity index (χ3n) is 5.55. The fraction of sp³-hybridized carbons (Fsp3) is 0.391. The first kappa shape index (κ1) is 20.9. The normalized spacial score (nSPS) is 19.0. The molecule has 2 atom stereocenters. The lowest BCUT2D eigenvalue weighted by atomic mass is 10.1. The molecule has 2 aromatic carbocycles. The zero-order chi connectivity index (χ0) is 20.6. The average Bonchev–Trinajstić information content (AvgIpc) is 3.10. The summed E-state index contributed by atoms with van der Waals surface area (Å²) in [7, 11) is 3.68. The maximum absolute atomic E-state index is 12.8. The first-order valence-corrected chi connectivity index (χ1v) is 10.0. The third-order valence-corrected chi connectivity index (χ3v) is 5.55. The van der Waals surface area contributed by atoms with Gasteiger partial charge in [-0.05, 0) is 37.6 Å². The van der Waals surface area contributed by atoms with Crippen LogP contribution in [0.4, 0.5) is 0 Å². The molecule has 0 saturated carbocycles. The fourth-order valence-electron chi connectivity index (χ4n) is 3.72. The predicted octanol–water partition coefficient (Wildman–Crippen LogP) is 2.59. The first-order chi connectivity index (χ1) is 14.1. The van der Waals surface area contributed by atoms with Gasteiger partial charge in [-0.1, -0.05) is 42.5 Å². The second-order valence-corrected chi connectivity index (χ2v) is 7.41. The van der Waals surface area contributed by atoms with Gasteiger partial charge in [0.15, 0.2) is 0 Å². The number of amides is 2. The number of nitrogens with one attached hydrogen (secondary N) is 2. The highest BCUT2D eigenvalue weighted by molar-refractivity contribution is 5.96. The third kappa shape index (κ3) is 5.57. The SMILES string of the molecule is CNC(=O)C[C@H]1CC[C@@H](CNC(=O)c2ccccc2OCc2ccccc2)N1C. The summed E-state index contributed by atoms with van der Waals surface area (Å²) in [5, 5.41) is 5.72. The van der Waals surface area contributed by atoms with Gasteiger partial charge in [-0.3, -0.25) is 14.5 Å². The van der Waals surface area contributed by atoms with Gasteiger partial charge in [-0.2, -0.15) is 0 Å². The highest BCUT2D eigenvalue weighted by Crippen LogP contribution is 2.24. The zero-order valence-corrected chi connectivity index (χ0v) is 17.1. The van der Waals surface area contributed by atoms with Crippen molar-refractivity contribution in [2.75, 3.05) is 20.6 Å². The smallest absolute Gasteiger partial charge is 0.255 e. The number of likely N-dealkylation sites (tertiary alicyclic amines) is 1. The molecule has 1 saturated heterocycles. The van der Waals surface area contributed by atoms with Crippen LogP contribution in [0.2, 0.25) is 0 Å². The molecule has 6 heteroatoms. The van der Waals surface area contributed by atoms with E-state index in [1.165, 1.54) is 0 Å². The zero-order valence-electron chi connectivity index (χ0n) is 17.1. The molecule has 2 amide bonds. The molecule has 2 aromatic rings. The molecule has 1 aliphatic rings. The highest BCUT2D eigenvalue weighted by Gasteiger charge is 2.31. The van der Waals surface area contributed by atoms with E-state index in [9.17, 15) is 9.59 Å². The van der Waals surface area contributed by atoms with Crippen molar-refractivity contribution < 1.29 is 14.3 Å². The molecule has 3 rings (SSSR count). The lowest BCUT2D eigenvalue weighted by Crippen LogP contribution is -2.42. The van der Waals surface area contributed by atoms with Crippen LogP contribution in [0.3, 0.4) is 0 Å². The van der Waals surface area contributed by atoms with Gasteiger partial charge in [0.25, 0.3) is 5.91 Å². The summed E-state index contributed by atoms with van der Waals surface area (Å²) in [6.45, 7) is 0.963. The average molecular weight is 396 g/mol. The van der Waals surface area contributed by atoms with E-state index in [2.05, 4.69) is 15.5 Å². The van der Waals surface area contributed by atoms with Crippen LogP contribution in [0.5, 0.6) is 5.75 Å². The van der Waals surface area contributed by atoms with E-state index in [0.717, 1.165) is 18.4 Å². The van der Waals surface area contributed by atoms with Crippen LogP contribution in [-0.2, 0) is 11.4 Å². The van der Waals surface area contributed by atoms with Gasteiger partial charge in [0.05, 0.1) is 5.56 Å². The van der Waals surface area contributed by atoms with Crippen LogP contribution in [-0.4, -0.2) is 49.4 Å². The number of ether oxygens (including phenoxy) is 1. The van der Waals surface area contributed by atoms with Crippen LogP contribution in [0, 0.1) is 0 Å². The summed E-state index contributed by atoms with van der Waals surface area (Å²) >= 11 is 0. The Hall–Kier alpha value is -2.86. The van der Waals surface area contributed by atoms with Crippen LogP contribution >= 0.6 is 0 Å². The van der Waals surface area contributed by atoms with E-state index in [1.54, 1.807) is 13.1 Å². The van der Waals surface area contributed by atoms with Crippen LogP contribution in [0.15, 0.2) is 54.6 Å². The lowest BCUT2D eigenvalue weighted by Gasteiger charge is -2.25. The minimum atomic E-state index is -0.142. The summed E-state index contributed by atoms with van der Waals surface area (Å²) < 4.78 is 5.89. The Kier molecular flexibility index (Phi) is 7.25. The second-order valence-electron chi connectivity index (χ2n) is 7.41. The van der Waals surface area contributed by atoms with Crippen molar-refractivity contribution in [3.05, 3.63) is 65.7 Å². The molecule has 6 nitrogen and oxygen atoms in total.